The Morgan fingerprint density at radius 2 is 1.90 bits per heavy atom. The number of hydrogen-bond donors (Lipinski definition) is 1. The normalized spacial score (nSPS) is 10.2. The Morgan fingerprint density at radius 1 is 1.25 bits per heavy atom. The standard InChI is InChI=1S/C17H26N2O/c1-5-7-15-8-10-16(11-9-15)18-12-17(20)19(6-2)13-14(3)4/h8-11,18H,3,5-7,12-13H2,1-2,4H3. The minimum absolute atomic E-state index is 0.105. The molecule has 0 heterocycles. The van der Waals surface area contributed by atoms with Gasteiger partial charge >= 0.3 is 0 Å². The van der Waals surface area contributed by atoms with Crippen LogP contribution in [0.25, 0.3) is 0 Å². The molecule has 0 spiro atoms. The van der Waals surface area contributed by atoms with Crippen LogP contribution in [-0.4, -0.2) is 30.4 Å². The SMILES string of the molecule is C=C(C)CN(CC)C(=O)CNc1ccc(CCC)cc1. The minimum atomic E-state index is 0.105. The number of amides is 1. The molecule has 1 amide bonds. The number of carbonyl (C=O) groups excluding carboxylic acids is 1. The van der Waals surface area contributed by atoms with Crippen molar-refractivity contribution in [3.05, 3.63) is 42.0 Å². The second-order valence-electron chi connectivity index (χ2n) is 5.17. The van der Waals surface area contributed by atoms with Gasteiger partial charge in [-0.15, -0.1) is 0 Å². The lowest BCUT2D eigenvalue weighted by Crippen LogP contribution is -2.36. The fraction of sp³-hybridized carbons (Fsp3) is 0.471. The molecular formula is C17H26N2O. The van der Waals surface area contributed by atoms with Crippen molar-refractivity contribution in [1.29, 1.82) is 0 Å². The number of nitrogens with one attached hydrogen (secondary N) is 1. The molecule has 1 N–H and O–H groups in total. The van der Waals surface area contributed by atoms with E-state index in [1.165, 1.54) is 5.56 Å². The van der Waals surface area contributed by atoms with Crippen molar-refractivity contribution in [3.63, 3.8) is 0 Å². The zero-order valence-electron chi connectivity index (χ0n) is 12.9. The Balaban J connectivity index is 2.48. The maximum Gasteiger partial charge on any atom is 0.242 e. The molecule has 110 valence electrons. The summed E-state index contributed by atoms with van der Waals surface area (Å²) in [6.07, 6.45) is 2.25. The number of likely N-dealkylation sites (N-methyl/N-ethyl adjacent to an activating group) is 1. The second kappa shape index (κ2) is 8.41. The van der Waals surface area contributed by atoms with E-state index < -0.39 is 0 Å². The molecule has 0 saturated carbocycles. The lowest BCUT2D eigenvalue weighted by Gasteiger charge is -2.21. The Bertz CT molecular complexity index is 437. The van der Waals surface area contributed by atoms with Crippen molar-refractivity contribution in [2.45, 2.75) is 33.6 Å². The number of benzene rings is 1. The third kappa shape index (κ3) is 5.47. The Morgan fingerprint density at radius 3 is 2.40 bits per heavy atom. The zero-order valence-corrected chi connectivity index (χ0v) is 12.9. The average molecular weight is 274 g/mol. The molecule has 1 aromatic rings. The smallest absolute Gasteiger partial charge is 0.242 e. The van der Waals surface area contributed by atoms with Crippen molar-refractivity contribution in [2.24, 2.45) is 0 Å². The topological polar surface area (TPSA) is 32.3 Å². The van der Waals surface area contributed by atoms with Crippen LogP contribution in [0.3, 0.4) is 0 Å². The van der Waals surface area contributed by atoms with Crippen LogP contribution in [0.2, 0.25) is 0 Å². The van der Waals surface area contributed by atoms with Crippen molar-refractivity contribution < 1.29 is 4.79 Å². The molecule has 0 aliphatic heterocycles. The molecule has 1 aromatic carbocycles. The van der Waals surface area contributed by atoms with Gasteiger partial charge in [0, 0.05) is 18.8 Å². The van der Waals surface area contributed by atoms with Gasteiger partial charge in [0.05, 0.1) is 6.54 Å². The lowest BCUT2D eigenvalue weighted by molar-refractivity contribution is -0.128. The summed E-state index contributed by atoms with van der Waals surface area (Å²) in [5.74, 6) is 0.105. The predicted molar refractivity (Wildman–Crippen MR) is 86.0 cm³/mol. The summed E-state index contributed by atoms with van der Waals surface area (Å²) in [5.41, 5.74) is 3.33. The van der Waals surface area contributed by atoms with Crippen molar-refractivity contribution in [3.8, 4) is 0 Å². The van der Waals surface area contributed by atoms with Gasteiger partial charge in [-0.3, -0.25) is 4.79 Å². The molecule has 0 fully saturated rings. The molecule has 0 bridgehead atoms. The van der Waals surface area contributed by atoms with Gasteiger partial charge in [-0.1, -0.05) is 37.6 Å². The summed E-state index contributed by atoms with van der Waals surface area (Å²) >= 11 is 0. The van der Waals surface area contributed by atoms with Gasteiger partial charge in [0.1, 0.15) is 0 Å². The Labute approximate surface area is 122 Å². The molecule has 0 atom stereocenters. The first kappa shape index (κ1) is 16.3. The predicted octanol–water partition coefficient (Wildman–Crippen LogP) is 3.48. The van der Waals surface area contributed by atoms with Gasteiger partial charge in [0.25, 0.3) is 0 Å². The number of aryl methyl sites for hydroxylation is 1. The van der Waals surface area contributed by atoms with Crippen molar-refractivity contribution in [1.82, 2.24) is 4.90 Å². The summed E-state index contributed by atoms with van der Waals surface area (Å²) in [4.78, 5) is 13.9. The van der Waals surface area contributed by atoms with Gasteiger partial charge in [-0.25, -0.2) is 0 Å². The van der Waals surface area contributed by atoms with E-state index in [-0.39, 0.29) is 5.91 Å². The van der Waals surface area contributed by atoms with E-state index in [4.69, 9.17) is 0 Å². The molecule has 20 heavy (non-hydrogen) atoms. The first-order chi connectivity index (χ1) is 9.56. The Kier molecular flexibility index (Phi) is 6.85. The molecule has 0 aliphatic carbocycles. The van der Waals surface area contributed by atoms with Crippen LogP contribution in [0, 0.1) is 0 Å². The van der Waals surface area contributed by atoms with Gasteiger partial charge < -0.3 is 10.2 Å². The zero-order chi connectivity index (χ0) is 15.0. The fourth-order valence-electron chi connectivity index (χ4n) is 2.07. The van der Waals surface area contributed by atoms with E-state index in [0.29, 0.717) is 19.6 Å². The highest BCUT2D eigenvalue weighted by atomic mass is 16.2. The van der Waals surface area contributed by atoms with Gasteiger partial charge in [0.15, 0.2) is 0 Å². The highest BCUT2D eigenvalue weighted by Crippen LogP contribution is 2.11. The van der Waals surface area contributed by atoms with E-state index in [9.17, 15) is 4.79 Å². The molecular weight excluding hydrogens is 248 g/mol. The fourth-order valence-corrected chi connectivity index (χ4v) is 2.07. The monoisotopic (exact) mass is 274 g/mol. The van der Waals surface area contributed by atoms with E-state index in [2.05, 4.69) is 31.0 Å². The molecule has 0 saturated heterocycles. The first-order valence-corrected chi connectivity index (χ1v) is 7.31. The molecule has 0 aromatic heterocycles. The number of hydrogen-bond acceptors (Lipinski definition) is 2. The molecule has 3 heteroatoms. The van der Waals surface area contributed by atoms with Crippen molar-refractivity contribution >= 4 is 11.6 Å². The minimum Gasteiger partial charge on any atom is -0.376 e. The number of anilines is 1. The van der Waals surface area contributed by atoms with Gasteiger partial charge in [-0.2, -0.15) is 0 Å². The van der Waals surface area contributed by atoms with Crippen LogP contribution < -0.4 is 5.32 Å². The van der Waals surface area contributed by atoms with Crippen LogP contribution in [-0.2, 0) is 11.2 Å². The molecule has 3 nitrogen and oxygen atoms in total. The lowest BCUT2D eigenvalue weighted by atomic mass is 10.1. The number of nitrogens with zero attached hydrogens (tertiary/aromatic N) is 1. The summed E-state index contributed by atoms with van der Waals surface area (Å²) in [7, 11) is 0. The van der Waals surface area contributed by atoms with Crippen LogP contribution >= 0.6 is 0 Å². The van der Waals surface area contributed by atoms with Crippen LogP contribution in [0.15, 0.2) is 36.4 Å². The van der Waals surface area contributed by atoms with Crippen LogP contribution in [0.5, 0.6) is 0 Å². The van der Waals surface area contributed by atoms with E-state index in [0.717, 1.165) is 24.1 Å². The maximum absolute atomic E-state index is 12.1. The molecule has 0 radical (unpaired) electrons. The van der Waals surface area contributed by atoms with Gasteiger partial charge in [0.2, 0.25) is 5.91 Å². The molecule has 0 aliphatic rings. The molecule has 1 rings (SSSR count). The summed E-state index contributed by atoms with van der Waals surface area (Å²) in [6, 6.07) is 8.30. The first-order valence-electron chi connectivity index (χ1n) is 7.31. The molecule has 0 unspecified atom stereocenters. The number of rotatable bonds is 8. The van der Waals surface area contributed by atoms with Crippen LogP contribution in [0.1, 0.15) is 32.8 Å². The quantitative estimate of drug-likeness (QED) is 0.736. The highest BCUT2D eigenvalue weighted by Gasteiger charge is 2.10. The maximum atomic E-state index is 12.1. The summed E-state index contributed by atoms with van der Waals surface area (Å²) < 4.78 is 0. The van der Waals surface area contributed by atoms with E-state index >= 15 is 0 Å². The second-order valence-corrected chi connectivity index (χ2v) is 5.17. The van der Waals surface area contributed by atoms with Gasteiger partial charge in [-0.05, 0) is 38.0 Å². The number of carbonyl (C=O) groups is 1. The van der Waals surface area contributed by atoms with Crippen LogP contribution in [0.4, 0.5) is 5.69 Å². The summed E-state index contributed by atoms with van der Waals surface area (Å²) in [6.45, 7) is 11.6. The highest BCUT2D eigenvalue weighted by molar-refractivity contribution is 5.81. The van der Waals surface area contributed by atoms with E-state index in [1.807, 2.05) is 26.0 Å². The third-order valence-electron chi connectivity index (χ3n) is 3.13. The largest absolute Gasteiger partial charge is 0.376 e. The van der Waals surface area contributed by atoms with E-state index in [1.54, 1.807) is 4.90 Å². The average Bonchev–Trinajstić information content (AvgIpc) is 2.43. The Hall–Kier alpha value is -1.77. The third-order valence-corrected chi connectivity index (χ3v) is 3.13. The summed E-state index contributed by atoms with van der Waals surface area (Å²) in [5, 5.41) is 3.18. The van der Waals surface area contributed by atoms with Crippen molar-refractivity contribution in [2.75, 3.05) is 25.0 Å².